The van der Waals surface area contributed by atoms with Crippen LogP contribution in [0, 0.1) is 11.2 Å². The van der Waals surface area contributed by atoms with E-state index < -0.39 is 0 Å². The van der Waals surface area contributed by atoms with Crippen molar-refractivity contribution in [3.05, 3.63) is 53.1 Å². The monoisotopic (exact) mass is 282 g/mol. The molecule has 2 nitrogen and oxygen atoms in total. The lowest BCUT2D eigenvalue weighted by atomic mass is 9.66. The van der Waals surface area contributed by atoms with Gasteiger partial charge >= 0.3 is 0 Å². The molecule has 1 unspecified atom stereocenters. The number of halogens is 1. The van der Waals surface area contributed by atoms with Gasteiger partial charge < -0.3 is 0 Å². The SMILES string of the molecule is CC12CCCCC1=Cc1c(cnn1-c1ccc(F)cc1)C2. The normalized spacial score (nSPS) is 24.2. The van der Waals surface area contributed by atoms with Crippen LogP contribution in [0.1, 0.15) is 43.9 Å². The molecule has 1 atom stereocenters. The van der Waals surface area contributed by atoms with E-state index in [1.165, 1.54) is 49.1 Å². The summed E-state index contributed by atoms with van der Waals surface area (Å²) in [7, 11) is 0. The minimum absolute atomic E-state index is 0.210. The molecule has 0 spiro atoms. The average Bonchev–Trinajstić information content (AvgIpc) is 2.87. The Morgan fingerprint density at radius 2 is 2.00 bits per heavy atom. The van der Waals surface area contributed by atoms with Crippen LogP contribution < -0.4 is 0 Å². The second-order valence-electron chi connectivity index (χ2n) is 6.56. The van der Waals surface area contributed by atoms with E-state index in [2.05, 4.69) is 18.1 Å². The second kappa shape index (κ2) is 4.55. The van der Waals surface area contributed by atoms with E-state index in [-0.39, 0.29) is 5.82 Å². The highest BCUT2D eigenvalue weighted by Crippen LogP contribution is 2.47. The van der Waals surface area contributed by atoms with Crippen LogP contribution in [0.4, 0.5) is 4.39 Å². The molecule has 1 aromatic carbocycles. The zero-order valence-corrected chi connectivity index (χ0v) is 12.3. The van der Waals surface area contributed by atoms with Gasteiger partial charge in [-0.15, -0.1) is 0 Å². The van der Waals surface area contributed by atoms with Crippen LogP contribution in [-0.2, 0) is 6.42 Å². The zero-order valence-electron chi connectivity index (χ0n) is 12.3. The van der Waals surface area contributed by atoms with Crippen LogP contribution in [0.5, 0.6) is 0 Å². The van der Waals surface area contributed by atoms with Crippen molar-refractivity contribution in [1.82, 2.24) is 9.78 Å². The Morgan fingerprint density at radius 3 is 2.81 bits per heavy atom. The molecule has 108 valence electrons. The Kier molecular flexibility index (Phi) is 2.78. The number of fused-ring (bicyclic) bond motifs is 2. The first-order chi connectivity index (χ1) is 10.2. The molecular formula is C18H19FN2. The van der Waals surface area contributed by atoms with E-state index in [0.717, 1.165) is 12.1 Å². The smallest absolute Gasteiger partial charge is 0.123 e. The summed E-state index contributed by atoms with van der Waals surface area (Å²) in [6, 6.07) is 6.56. The number of hydrogen-bond acceptors (Lipinski definition) is 1. The lowest BCUT2D eigenvalue weighted by Crippen LogP contribution is -2.28. The highest BCUT2D eigenvalue weighted by molar-refractivity contribution is 5.61. The van der Waals surface area contributed by atoms with Crippen molar-refractivity contribution in [2.24, 2.45) is 5.41 Å². The Bertz CT molecular complexity index is 711. The molecule has 2 aliphatic rings. The van der Waals surface area contributed by atoms with Crippen LogP contribution >= 0.6 is 0 Å². The molecule has 0 aliphatic heterocycles. The third kappa shape index (κ3) is 2.03. The quantitative estimate of drug-likeness (QED) is 0.751. The van der Waals surface area contributed by atoms with Crippen molar-refractivity contribution in [1.29, 1.82) is 0 Å². The van der Waals surface area contributed by atoms with Crippen molar-refractivity contribution in [2.45, 2.75) is 39.0 Å². The van der Waals surface area contributed by atoms with Gasteiger partial charge in [-0.05, 0) is 67.0 Å². The van der Waals surface area contributed by atoms with Crippen LogP contribution in [0.3, 0.4) is 0 Å². The van der Waals surface area contributed by atoms with Gasteiger partial charge in [0.1, 0.15) is 5.82 Å². The van der Waals surface area contributed by atoms with E-state index in [4.69, 9.17) is 0 Å². The minimum Gasteiger partial charge on any atom is -0.233 e. The van der Waals surface area contributed by atoms with Crippen molar-refractivity contribution in [2.75, 3.05) is 0 Å². The number of nitrogens with zero attached hydrogens (tertiary/aromatic N) is 2. The molecule has 1 aromatic heterocycles. The van der Waals surface area contributed by atoms with Gasteiger partial charge in [-0.2, -0.15) is 5.10 Å². The van der Waals surface area contributed by atoms with E-state index in [1.54, 1.807) is 17.7 Å². The number of aromatic nitrogens is 2. The molecular weight excluding hydrogens is 263 g/mol. The fourth-order valence-electron chi connectivity index (χ4n) is 3.80. The van der Waals surface area contributed by atoms with Gasteiger partial charge in [-0.25, -0.2) is 9.07 Å². The molecule has 0 radical (unpaired) electrons. The van der Waals surface area contributed by atoms with E-state index in [0.29, 0.717) is 5.41 Å². The van der Waals surface area contributed by atoms with Crippen molar-refractivity contribution in [3.63, 3.8) is 0 Å². The first-order valence-electron chi connectivity index (χ1n) is 7.70. The Labute approximate surface area is 124 Å². The Hall–Kier alpha value is -1.90. The predicted molar refractivity (Wildman–Crippen MR) is 81.8 cm³/mol. The molecule has 2 aliphatic carbocycles. The molecule has 2 aromatic rings. The molecule has 3 heteroatoms. The molecule has 4 rings (SSSR count). The highest BCUT2D eigenvalue weighted by Gasteiger charge is 2.36. The molecule has 0 saturated heterocycles. The maximum atomic E-state index is 13.1. The number of allylic oxidation sites excluding steroid dienone is 1. The zero-order chi connectivity index (χ0) is 14.4. The van der Waals surface area contributed by atoms with Gasteiger partial charge in [-0.3, -0.25) is 0 Å². The van der Waals surface area contributed by atoms with Crippen LogP contribution in [-0.4, -0.2) is 9.78 Å². The molecule has 0 amide bonds. The van der Waals surface area contributed by atoms with E-state index in [9.17, 15) is 4.39 Å². The number of rotatable bonds is 1. The molecule has 0 N–H and O–H groups in total. The van der Waals surface area contributed by atoms with Crippen LogP contribution in [0.25, 0.3) is 11.8 Å². The lowest BCUT2D eigenvalue weighted by molar-refractivity contribution is 0.300. The maximum Gasteiger partial charge on any atom is 0.123 e. The number of hydrogen-bond donors (Lipinski definition) is 0. The summed E-state index contributed by atoms with van der Waals surface area (Å²) in [6.45, 7) is 2.39. The summed E-state index contributed by atoms with van der Waals surface area (Å²) in [4.78, 5) is 0. The first kappa shape index (κ1) is 12.8. The summed E-state index contributed by atoms with van der Waals surface area (Å²) in [5.74, 6) is -0.210. The highest BCUT2D eigenvalue weighted by atomic mass is 19.1. The van der Waals surface area contributed by atoms with Crippen molar-refractivity contribution < 1.29 is 4.39 Å². The van der Waals surface area contributed by atoms with Gasteiger partial charge in [-0.1, -0.05) is 18.9 Å². The minimum atomic E-state index is -0.210. The summed E-state index contributed by atoms with van der Waals surface area (Å²) in [5, 5.41) is 4.54. The predicted octanol–water partition coefficient (Wildman–Crippen LogP) is 4.53. The van der Waals surface area contributed by atoms with Crippen LogP contribution in [0.15, 0.2) is 36.0 Å². The summed E-state index contributed by atoms with van der Waals surface area (Å²) in [5.41, 5.74) is 5.30. The fourth-order valence-corrected chi connectivity index (χ4v) is 3.80. The van der Waals surface area contributed by atoms with Gasteiger partial charge in [0.25, 0.3) is 0 Å². The first-order valence-corrected chi connectivity index (χ1v) is 7.70. The molecule has 21 heavy (non-hydrogen) atoms. The lowest BCUT2D eigenvalue weighted by Gasteiger charge is -2.39. The second-order valence-corrected chi connectivity index (χ2v) is 6.56. The largest absolute Gasteiger partial charge is 0.233 e. The van der Waals surface area contributed by atoms with Gasteiger partial charge in [0.05, 0.1) is 17.6 Å². The average molecular weight is 282 g/mol. The Balaban J connectivity index is 1.80. The molecule has 0 bridgehead atoms. The Morgan fingerprint density at radius 1 is 1.19 bits per heavy atom. The summed E-state index contributed by atoms with van der Waals surface area (Å²) < 4.78 is 15.0. The number of benzene rings is 1. The van der Waals surface area contributed by atoms with Crippen molar-refractivity contribution in [3.8, 4) is 5.69 Å². The third-order valence-corrected chi connectivity index (χ3v) is 5.05. The van der Waals surface area contributed by atoms with Gasteiger partial charge in [0.15, 0.2) is 0 Å². The summed E-state index contributed by atoms with van der Waals surface area (Å²) >= 11 is 0. The van der Waals surface area contributed by atoms with Crippen molar-refractivity contribution >= 4 is 6.08 Å². The van der Waals surface area contributed by atoms with E-state index >= 15 is 0 Å². The van der Waals surface area contributed by atoms with Crippen LogP contribution in [0.2, 0.25) is 0 Å². The molecule has 1 heterocycles. The van der Waals surface area contributed by atoms with Gasteiger partial charge in [0.2, 0.25) is 0 Å². The maximum absolute atomic E-state index is 13.1. The third-order valence-electron chi connectivity index (χ3n) is 5.05. The molecule has 1 saturated carbocycles. The fraction of sp³-hybridized carbons (Fsp3) is 0.389. The molecule has 1 fully saturated rings. The van der Waals surface area contributed by atoms with Gasteiger partial charge in [0, 0.05) is 0 Å². The summed E-state index contributed by atoms with van der Waals surface area (Å²) in [6.07, 6.45) is 10.5. The van der Waals surface area contributed by atoms with E-state index in [1.807, 2.05) is 10.9 Å². The standard InChI is InChI=1S/C18H19FN2/c1-18-9-3-2-4-14(18)10-17-13(11-18)12-20-21(17)16-7-5-15(19)6-8-16/h5-8,10,12H,2-4,9,11H2,1H3. The topological polar surface area (TPSA) is 17.8 Å².